The normalized spacial score (nSPS) is 14.7. The van der Waals surface area contributed by atoms with Gasteiger partial charge < -0.3 is 42.4 Å². The molecule has 1 aromatic heterocycles. The minimum atomic E-state index is -5.03. The number of aromatic amines is 1. The Hall–Kier alpha value is -9.87. The number of rotatable bonds is 28. The van der Waals surface area contributed by atoms with Gasteiger partial charge in [0.25, 0.3) is 25.8 Å². The van der Waals surface area contributed by atoms with Crippen LogP contribution < -0.4 is 67.9 Å². The first-order valence-corrected chi connectivity index (χ1v) is 55.0. The Balaban J connectivity index is 0.000000255. The van der Waals surface area contributed by atoms with Gasteiger partial charge in [0, 0.05) is 42.2 Å². The van der Waals surface area contributed by atoms with Crippen molar-refractivity contribution >= 4 is 161 Å². The molecule has 0 radical (unpaired) electrons. The maximum atomic E-state index is 13.2. The zero-order valence-electron chi connectivity index (χ0n) is 77.7. The van der Waals surface area contributed by atoms with E-state index in [0.717, 1.165) is 114 Å². The number of aryl methyl sites for hydroxylation is 4. The molecule has 1 amide bonds. The molecule has 14 rings (SSSR count). The van der Waals surface area contributed by atoms with Gasteiger partial charge in [-0.25, -0.2) is 38.4 Å². The van der Waals surface area contributed by atoms with Crippen molar-refractivity contribution in [1.82, 2.24) is 25.7 Å². The van der Waals surface area contributed by atoms with Crippen LogP contribution in [-0.4, -0.2) is 166 Å². The predicted molar refractivity (Wildman–Crippen MR) is 536 cm³/mol. The van der Waals surface area contributed by atoms with Crippen molar-refractivity contribution in [1.29, 1.82) is 0 Å². The second-order valence-corrected chi connectivity index (χ2v) is 44.2. The molecule has 1 unspecified atom stereocenters. The maximum Gasteiger partial charge on any atom is 1.00 e. The van der Waals surface area contributed by atoms with E-state index in [2.05, 4.69) is 92.6 Å². The molecule has 42 heteroatoms. The summed E-state index contributed by atoms with van der Waals surface area (Å²) in [6.07, 6.45) is 17.7. The average Bonchev–Trinajstić information content (AvgIpc) is 1.09. The summed E-state index contributed by atoms with van der Waals surface area (Å²) in [5.74, 6) is 0.924. The number of unbranched alkanes of at least 4 members (excludes halogenated alkanes) is 4. The van der Waals surface area contributed by atoms with E-state index < -0.39 is 86.7 Å². The molecule has 4 heterocycles. The van der Waals surface area contributed by atoms with Crippen LogP contribution in [0.1, 0.15) is 133 Å². The van der Waals surface area contributed by atoms with Crippen LogP contribution in [0.2, 0.25) is 0 Å². The summed E-state index contributed by atoms with van der Waals surface area (Å²) in [7, 11) is -24.6. The van der Waals surface area contributed by atoms with Crippen molar-refractivity contribution in [3.63, 3.8) is 0 Å². The van der Waals surface area contributed by atoms with Crippen LogP contribution in [0.3, 0.4) is 0 Å². The Morgan fingerprint density at radius 3 is 1.82 bits per heavy atom. The average molecular weight is 2020 g/mol. The standard InChI is InChI=1S/C41H55N7O5S2.C30H38N6O6S2.C22H23N3O7S3.C2H4.Na/c1-31-27-34-30-41(55(51,52)53)40-29-35(34)28-39(31)47-45-36-15-13-33(14-16-36)12-8-24-43-22-5-2-3-9-32(11-7-21-42)10-4-6-23-44-25-26-54(49,50)38-19-17-37(18-20-38)46-48-40;1-21-25-9-8-10-28(44(40,41)42)26(25)15-16-27(21)33-34-29-22(2)35-36(30(29)37)23-11-13-24(14-12-23)43(38,39)20-19-32-18-7-5-3-4-6-17-31;1-3-33-10-11-34(28,29)18-8-6-16(7-9-18)24-25-21-20(35(30,31)32)12-15-4-5-17(23-14(2)26)13-19(15)22(21)27;1-2;/h13-20,27-30,32,43-44H,2-12,21-26,42H2,1H3,(H,51,52,53);8-16,32,35H,3-7,17-20,31H2,1-2H3,(H,40,41,42);4-9,12-13,27H,3,10-11H2,1-2H3,(H,23,26)(H,30,31,32);1-2H2;/q;;;;+1/p-1. The molecule has 730 valence electrons. The van der Waals surface area contributed by atoms with E-state index in [4.69, 9.17) is 11.5 Å². The van der Waals surface area contributed by atoms with Crippen molar-refractivity contribution in [3.8, 4) is 11.4 Å². The molecule has 0 spiro atoms. The van der Waals surface area contributed by atoms with Gasteiger partial charge in [0.2, 0.25) is 5.91 Å². The number of anilines is 1. The van der Waals surface area contributed by atoms with Gasteiger partial charge in [-0.15, -0.1) is 28.5 Å². The van der Waals surface area contributed by atoms with E-state index in [-0.39, 0.29) is 100 Å². The smallest absolute Gasteiger partial charge is 0.744 e. The second kappa shape index (κ2) is 54.1. The van der Waals surface area contributed by atoms with E-state index >= 15 is 0 Å². The number of carbonyl (C=O) groups is 1. The third-order valence-corrected chi connectivity index (χ3v) is 31.3. The number of benzene rings is 10. The number of azo groups is 4. The molecule has 1 atom stereocenters. The quantitative estimate of drug-likeness (QED) is 0.00716. The molecule has 11 aromatic rings. The number of nitrogens with two attached hydrogens (primary N) is 2. The topological polar surface area (TPSA) is 542 Å². The molecule has 3 aliphatic rings. The van der Waals surface area contributed by atoms with Gasteiger partial charge in [-0.1, -0.05) is 94.7 Å². The molecule has 10 aromatic carbocycles. The summed E-state index contributed by atoms with van der Waals surface area (Å²) in [5.41, 5.74) is 16.4. The fourth-order valence-corrected chi connectivity index (χ4v) is 21.8. The van der Waals surface area contributed by atoms with E-state index in [1.165, 1.54) is 177 Å². The first kappa shape index (κ1) is 112. The number of phenolic OH excluding ortho intramolecular Hbond substituents is 1. The molecule has 0 saturated heterocycles. The number of hydrogen-bond donors (Lipinski definition) is 10. The van der Waals surface area contributed by atoms with Crippen molar-refractivity contribution in [2.45, 2.75) is 167 Å². The SMILES string of the molecule is C=C.CCSCCS(=O)(=O)c1ccc(N=Nc2c(S(=O)(=O)[O-])cc3ccc(NC(C)=O)cc3c2O)cc1.Cc1[nH]n(-c2ccc(S(=O)(=O)CCNCCCCCCCN)cc2)c(=O)c1N=Nc1ccc2c(S(=O)(=O)O)cccc2c1C.Cc1cc2cc(S(=O)(=O)O)c3cc2cc1N=Nc1ccc(cc1)CCCNCCCCCC(CCCN)CCCCNCCS(=O)(=O)c1ccc(cc1)N=N3.[Na+]. The van der Waals surface area contributed by atoms with Gasteiger partial charge in [-0.2, -0.15) is 54.2 Å². The number of carbonyl (C=O) groups excluding carboxylic acids is 1. The van der Waals surface area contributed by atoms with Gasteiger partial charge in [-0.3, -0.25) is 23.8 Å². The molecular formula is C95H119N16NaO18S7. The molecule has 0 aliphatic carbocycles. The summed E-state index contributed by atoms with van der Waals surface area (Å²) in [4.78, 5) is 23.6. The van der Waals surface area contributed by atoms with Crippen molar-refractivity contribution in [2.75, 3.05) is 86.4 Å². The van der Waals surface area contributed by atoms with E-state index in [1.807, 2.05) is 26.0 Å². The number of amides is 1. The van der Waals surface area contributed by atoms with Gasteiger partial charge in [0.05, 0.1) is 76.7 Å². The fraction of sp³-hybridized carbons (Fsp3) is 0.368. The number of hydrogen-bond acceptors (Lipinski definition) is 30. The predicted octanol–water partition coefficient (Wildman–Crippen LogP) is 16.2. The first-order valence-electron chi connectivity index (χ1n) is 44.6. The summed E-state index contributed by atoms with van der Waals surface area (Å²) in [6.45, 7) is 20.2. The van der Waals surface area contributed by atoms with Gasteiger partial charge in [0.15, 0.2) is 40.9 Å². The van der Waals surface area contributed by atoms with Crippen LogP contribution in [0.15, 0.2) is 264 Å². The van der Waals surface area contributed by atoms with Crippen molar-refractivity contribution < 1.29 is 104 Å². The van der Waals surface area contributed by atoms with Crippen LogP contribution >= 0.6 is 11.8 Å². The second-order valence-electron chi connectivity index (χ2n) is 32.3. The number of thioether (sulfide) groups is 1. The zero-order valence-corrected chi connectivity index (χ0v) is 85.5. The Bertz CT molecular complexity index is 6860. The summed E-state index contributed by atoms with van der Waals surface area (Å²) < 4.78 is 181. The van der Waals surface area contributed by atoms with E-state index in [0.29, 0.717) is 98.2 Å². The number of aromatic hydroxyl groups is 1. The molecule has 0 fully saturated rings. The van der Waals surface area contributed by atoms with Gasteiger partial charge in [-0.05, 0) is 301 Å². The largest absolute Gasteiger partial charge is 1.00 e. The molecule has 34 nitrogen and oxygen atoms in total. The number of fused-ring (bicyclic) bond motifs is 4. The van der Waals surface area contributed by atoms with Crippen molar-refractivity contribution in [2.24, 2.45) is 58.3 Å². The number of aromatic nitrogens is 2. The molecule has 3 aliphatic heterocycles. The van der Waals surface area contributed by atoms with Crippen molar-refractivity contribution in [3.05, 3.63) is 222 Å². The summed E-state index contributed by atoms with van der Waals surface area (Å²) >= 11 is 1.52. The maximum absolute atomic E-state index is 13.2. The van der Waals surface area contributed by atoms with Crippen LogP contribution in [0.5, 0.6) is 5.75 Å². The van der Waals surface area contributed by atoms with E-state index in [9.17, 15) is 78.9 Å². The summed E-state index contributed by atoms with van der Waals surface area (Å²) in [5, 5.41) is 62.1. The van der Waals surface area contributed by atoms with E-state index in [1.54, 1.807) is 50.2 Å². The third kappa shape index (κ3) is 34.0. The molecule has 137 heavy (non-hydrogen) atoms. The molecular weight excluding hydrogens is 1900 g/mol. The molecule has 0 saturated carbocycles. The van der Waals surface area contributed by atoms with Crippen LogP contribution in [0.4, 0.5) is 51.2 Å². The molecule has 7 bridgehead atoms. The van der Waals surface area contributed by atoms with Gasteiger partial charge >= 0.3 is 29.6 Å². The minimum absolute atomic E-state index is 0. The van der Waals surface area contributed by atoms with Crippen LogP contribution in [-0.2, 0) is 71.1 Å². The number of nitrogens with zero attached hydrogens (tertiary/aromatic N) is 9. The molecule has 12 N–H and O–H groups in total. The monoisotopic (exact) mass is 2020 g/mol. The number of sulfone groups is 3. The summed E-state index contributed by atoms with van der Waals surface area (Å²) in [6, 6.07) is 45.0. The third-order valence-electron chi connectivity index (χ3n) is 22.3. The Labute approximate surface area is 828 Å². The Kier molecular flexibility index (Phi) is 44.4. The fourth-order valence-electron chi connectivity index (χ4n) is 14.9. The number of nitrogens with one attached hydrogen (secondary N) is 5. The number of H-pyrrole nitrogens is 1. The van der Waals surface area contributed by atoms with Crippen LogP contribution in [0, 0.1) is 26.7 Å². The Morgan fingerprint density at radius 1 is 0.584 bits per heavy atom. The number of phenols is 1. The van der Waals surface area contributed by atoms with Crippen LogP contribution in [0.25, 0.3) is 38.0 Å². The Morgan fingerprint density at radius 2 is 1.17 bits per heavy atom. The zero-order chi connectivity index (χ0) is 98.8. The van der Waals surface area contributed by atoms with Gasteiger partial charge in [0.1, 0.15) is 31.3 Å². The first-order chi connectivity index (χ1) is 64.9. The minimum Gasteiger partial charge on any atom is -0.744 e.